The highest BCUT2D eigenvalue weighted by Crippen LogP contribution is 2.45. The van der Waals surface area contributed by atoms with E-state index in [0.717, 1.165) is 0 Å². The third-order valence-corrected chi connectivity index (χ3v) is 8.18. The van der Waals surface area contributed by atoms with Gasteiger partial charge in [0, 0.05) is 6.42 Å². The summed E-state index contributed by atoms with van der Waals surface area (Å²) in [6.07, 6.45) is -0.121. The number of carbonyl (C=O) groups is 4. The van der Waals surface area contributed by atoms with Gasteiger partial charge in [0.15, 0.2) is 6.61 Å². The Hall–Kier alpha value is -2.52. The molecule has 3 aromatic rings. The lowest BCUT2D eigenvalue weighted by Gasteiger charge is -2.24. The standard InChI is InChI=1S/C25H14Cl6N2O5/c26-12-7-4-8-13(18(12)27)32-15(34)10-38-25(37)14(9-11-5-2-1-3-6-11)33-23(35)16-17(24(33)36)20(29)22(31)21(30)19(16)28/h1-8,14H,9-10H2,(H,32,34)/t14-/m0/s1. The summed E-state index contributed by atoms with van der Waals surface area (Å²) in [4.78, 5) is 53.1. The van der Waals surface area contributed by atoms with Crippen LogP contribution in [0.5, 0.6) is 0 Å². The molecule has 1 heterocycles. The van der Waals surface area contributed by atoms with Gasteiger partial charge in [0.1, 0.15) is 6.04 Å². The number of imide groups is 1. The van der Waals surface area contributed by atoms with Crippen molar-refractivity contribution in [1.82, 2.24) is 4.90 Å². The second-order valence-electron chi connectivity index (χ2n) is 7.95. The maximum Gasteiger partial charge on any atom is 0.330 e. The first-order valence-electron chi connectivity index (χ1n) is 10.7. The molecule has 0 unspecified atom stereocenters. The van der Waals surface area contributed by atoms with Gasteiger partial charge < -0.3 is 10.1 Å². The molecule has 3 aromatic carbocycles. The molecule has 13 heteroatoms. The van der Waals surface area contributed by atoms with Crippen LogP contribution in [0.25, 0.3) is 0 Å². The lowest BCUT2D eigenvalue weighted by Crippen LogP contribution is -2.47. The molecule has 1 N–H and O–H groups in total. The van der Waals surface area contributed by atoms with Crippen LogP contribution in [0, 0.1) is 0 Å². The molecule has 1 aliphatic rings. The quantitative estimate of drug-likeness (QED) is 0.131. The van der Waals surface area contributed by atoms with Gasteiger partial charge >= 0.3 is 5.97 Å². The monoisotopic (exact) mass is 632 g/mol. The molecule has 0 spiro atoms. The maximum atomic E-state index is 13.4. The maximum absolute atomic E-state index is 13.4. The van der Waals surface area contributed by atoms with Crippen LogP contribution in [0.15, 0.2) is 48.5 Å². The average molecular weight is 635 g/mol. The number of rotatable bonds is 7. The predicted octanol–water partition coefficient (Wildman–Crippen LogP) is 7.00. The smallest absolute Gasteiger partial charge is 0.330 e. The van der Waals surface area contributed by atoms with E-state index in [1.165, 1.54) is 12.1 Å². The summed E-state index contributed by atoms with van der Waals surface area (Å²) in [6.45, 7) is -0.741. The molecule has 0 aliphatic carbocycles. The zero-order chi connectivity index (χ0) is 27.7. The first-order chi connectivity index (χ1) is 18.0. The fraction of sp³-hybridized carbons (Fsp3) is 0.120. The van der Waals surface area contributed by atoms with E-state index >= 15 is 0 Å². The Morgan fingerprint density at radius 1 is 0.763 bits per heavy atom. The van der Waals surface area contributed by atoms with E-state index < -0.39 is 36.3 Å². The van der Waals surface area contributed by atoms with Gasteiger partial charge in [-0.2, -0.15) is 0 Å². The highest BCUT2D eigenvalue weighted by Gasteiger charge is 2.47. The number of esters is 1. The first-order valence-corrected chi connectivity index (χ1v) is 13.0. The highest BCUT2D eigenvalue weighted by atomic mass is 35.5. The molecule has 1 atom stereocenters. The minimum absolute atomic E-state index is 0.105. The predicted molar refractivity (Wildman–Crippen MR) is 147 cm³/mol. The number of amides is 3. The number of fused-ring (bicyclic) bond motifs is 1. The highest BCUT2D eigenvalue weighted by molar-refractivity contribution is 6.55. The summed E-state index contributed by atoms with van der Waals surface area (Å²) < 4.78 is 5.21. The van der Waals surface area contributed by atoms with Crippen LogP contribution >= 0.6 is 69.6 Å². The van der Waals surface area contributed by atoms with Gasteiger partial charge in [-0.25, -0.2) is 4.79 Å². The van der Waals surface area contributed by atoms with Crippen LogP contribution in [0.2, 0.25) is 30.1 Å². The van der Waals surface area contributed by atoms with E-state index in [1.54, 1.807) is 36.4 Å². The Morgan fingerprint density at radius 2 is 1.34 bits per heavy atom. The number of ether oxygens (including phenoxy) is 1. The normalized spacial score (nSPS) is 13.4. The van der Waals surface area contributed by atoms with Crippen LogP contribution in [-0.4, -0.2) is 41.2 Å². The number of nitrogens with zero attached hydrogens (tertiary/aromatic N) is 1. The van der Waals surface area contributed by atoms with Gasteiger partial charge in [-0.3, -0.25) is 19.3 Å². The van der Waals surface area contributed by atoms with Crippen molar-refractivity contribution >= 4 is 99.0 Å². The number of benzene rings is 3. The van der Waals surface area contributed by atoms with Gasteiger partial charge in [-0.1, -0.05) is 106 Å². The molecule has 1 aliphatic heterocycles. The molecular weight excluding hydrogens is 621 g/mol. The Labute approximate surface area is 246 Å². The van der Waals surface area contributed by atoms with Crippen LogP contribution < -0.4 is 5.32 Å². The minimum atomic E-state index is -1.47. The van der Waals surface area contributed by atoms with Crippen molar-refractivity contribution < 1.29 is 23.9 Å². The van der Waals surface area contributed by atoms with Crippen molar-refractivity contribution in [2.45, 2.75) is 12.5 Å². The topological polar surface area (TPSA) is 92.8 Å². The number of nitrogens with one attached hydrogen (secondary N) is 1. The van der Waals surface area contributed by atoms with Crippen molar-refractivity contribution in [2.75, 3.05) is 11.9 Å². The number of hydrogen-bond donors (Lipinski definition) is 1. The summed E-state index contributed by atoms with van der Waals surface area (Å²) in [5, 5.41) is 1.83. The largest absolute Gasteiger partial charge is 0.454 e. The van der Waals surface area contributed by atoms with Crippen molar-refractivity contribution in [3.63, 3.8) is 0 Å². The lowest BCUT2D eigenvalue weighted by molar-refractivity contribution is -0.151. The molecule has 0 saturated carbocycles. The van der Waals surface area contributed by atoms with Crippen molar-refractivity contribution in [3.8, 4) is 0 Å². The second-order valence-corrected chi connectivity index (χ2v) is 10.2. The molecule has 3 amide bonds. The Bertz CT molecular complexity index is 1430. The van der Waals surface area contributed by atoms with Crippen LogP contribution in [-0.2, 0) is 20.7 Å². The van der Waals surface area contributed by atoms with E-state index in [4.69, 9.17) is 74.3 Å². The molecule has 0 aromatic heterocycles. The number of anilines is 1. The molecular formula is C25H14Cl6N2O5. The van der Waals surface area contributed by atoms with E-state index in [0.29, 0.717) is 10.5 Å². The molecule has 0 fully saturated rings. The van der Waals surface area contributed by atoms with Crippen LogP contribution in [0.4, 0.5) is 5.69 Å². The summed E-state index contributed by atoms with van der Waals surface area (Å²) >= 11 is 36.6. The molecule has 38 heavy (non-hydrogen) atoms. The SMILES string of the molecule is O=C(COC(=O)[C@H](Cc1ccccc1)N1C(=O)c2c(Cl)c(Cl)c(Cl)c(Cl)c2C1=O)Nc1cccc(Cl)c1Cl. The third-order valence-electron chi connectivity index (χ3n) is 5.56. The number of halogens is 6. The van der Waals surface area contributed by atoms with Gasteiger partial charge in [-0.15, -0.1) is 0 Å². The lowest BCUT2D eigenvalue weighted by atomic mass is 10.0. The molecule has 196 valence electrons. The van der Waals surface area contributed by atoms with E-state index in [2.05, 4.69) is 5.32 Å². The summed E-state index contributed by atoms with van der Waals surface area (Å²) in [7, 11) is 0. The summed E-state index contributed by atoms with van der Waals surface area (Å²) in [5.41, 5.74) is 0.249. The molecule has 0 saturated heterocycles. The first kappa shape index (κ1) is 28.5. The Balaban J connectivity index is 1.61. The van der Waals surface area contributed by atoms with Gasteiger partial charge in [0.2, 0.25) is 0 Å². The second kappa shape index (κ2) is 11.7. The Morgan fingerprint density at radius 3 is 1.92 bits per heavy atom. The zero-order valence-electron chi connectivity index (χ0n) is 18.9. The fourth-order valence-corrected chi connectivity index (χ4v) is 5.15. The molecule has 0 bridgehead atoms. The number of hydrogen-bond acceptors (Lipinski definition) is 5. The van der Waals surface area contributed by atoms with Gasteiger partial charge in [0.25, 0.3) is 17.7 Å². The summed E-state index contributed by atoms with van der Waals surface area (Å²) in [6, 6.07) is 11.7. The van der Waals surface area contributed by atoms with Crippen molar-refractivity contribution in [1.29, 1.82) is 0 Å². The third kappa shape index (κ3) is 5.45. The average Bonchev–Trinajstić information content (AvgIpc) is 3.16. The van der Waals surface area contributed by atoms with E-state index in [1.807, 2.05) is 0 Å². The van der Waals surface area contributed by atoms with Crippen LogP contribution in [0.3, 0.4) is 0 Å². The minimum Gasteiger partial charge on any atom is -0.454 e. The van der Waals surface area contributed by atoms with Gasteiger partial charge in [0.05, 0.1) is 47.0 Å². The van der Waals surface area contributed by atoms with E-state index in [9.17, 15) is 19.2 Å². The number of carbonyl (C=O) groups excluding carboxylic acids is 4. The summed E-state index contributed by atoms with van der Waals surface area (Å²) in [5.74, 6) is -3.58. The van der Waals surface area contributed by atoms with Crippen molar-refractivity contribution in [3.05, 3.63) is 95.4 Å². The fourth-order valence-electron chi connectivity index (χ4n) is 3.79. The van der Waals surface area contributed by atoms with E-state index in [-0.39, 0.29) is 53.4 Å². The Kier molecular flexibility index (Phi) is 8.77. The van der Waals surface area contributed by atoms with Gasteiger partial charge in [-0.05, 0) is 17.7 Å². The van der Waals surface area contributed by atoms with Crippen molar-refractivity contribution in [2.24, 2.45) is 0 Å². The van der Waals surface area contributed by atoms with Crippen LogP contribution in [0.1, 0.15) is 26.3 Å². The molecule has 7 nitrogen and oxygen atoms in total. The molecule has 0 radical (unpaired) electrons. The molecule has 4 rings (SSSR count). The zero-order valence-corrected chi connectivity index (χ0v) is 23.4.